The minimum atomic E-state index is -1.08. The molecule has 4 rings (SSSR count). The van der Waals surface area contributed by atoms with Gasteiger partial charge >= 0.3 is 18.9 Å². The van der Waals surface area contributed by atoms with Gasteiger partial charge in [-0.2, -0.15) is 0 Å². The molecular weight excluding hydrogens is 343 g/mol. The zero-order valence-corrected chi connectivity index (χ0v) is 16.6. The average molecular weight is 368 g/mol. The van der Waals surface area contributed by atoms with Gasteiger partial charge in [0.2, 0.25) is 0 Å². The van der Waals surface area contributed by atoms with Gasteiger partial charge in [0.05, 0.1) is 19.2 Å². The number of aliphatic carboxylic acids is 1. The summed E-state index contributed by atoms with van der Waals surface area (Å²) in [6.07, 6.45) is -0.311. The molecular formula is C20H25LiO6. The summed E-state index contributed by atoms with van der Waals surface area (Å²) in [6, 6.07) is 7.61. The van der Waals surface area contributed by atoms with Crippen LogP contribution in [0.25, 0.3) is 0 Å². The maximum absolute atomic E-state index is 11.3. The first-order valence-electron chi connectivity index (χ1n) is 9.07. The molecule has 5 atom stereocenters. The summed E-state index contributed by atoms with van der Waals surface area (Å²) in [7, 11) is 0. The summed E-state index contributed by atoms with van der Waals surface area (Å²) in [5, 5.41) is 11.3. The maximum Gasteiger partial charge on any atom is 1.00 e. The number of hydrogen-bond donors (Lipinski definition) is 0. The van der Waals surface area contributed by atoms with Gasteiger partial charge in [-0.15, -0.1) is 0 Å². The van der Waals surface area contributed by atoms with Gasteiger partial charge in [0.1, 0.15) is 24.4 Å². The molecule has 0 unspecified atom stereocenters. The van der Waals surface area contributed by atoms with Crippen molar-refractivity contribution in [1.29, 1.82) is 0 Å². The third kappa shape index (κ3) is 3.72. The Morgan fingerprint density at radius 3 is 2.37 bits per heavy atom. The van der Waals surface area contributed by atoms with Crippen molar-refractivity contribution < 1.29 is 47.7 Å². The van der Waals surface area contributed by atoms with Gasteiger partial charge in [-0.25, -0.2) is 0 Å². The molecule has 0 radical (unpaired) electrons. The van der Waals surface area contributed by atoms with Crippen molar-refractivity contribution in [3.05, 3.63) is 35.4 Å². The topological polar surface area (TPSA) is 80.3 Å². The molecule has 0 spiro atoms. The van der Waals surface area contributed by atoms with Crippen LogP contribution in [0.15, 0.2) is 24.3 Å². The van der Waals surface area contributed by atoms with E-state index in [4.69, 9.17) is 18.9 Å². The van der Waals surface area contributed by atoms with E-state index in [2.05, 4.69) is 13.8 Å². The van der Waals surface area contributed by atoms with E-state index in [0.717, 1.165) is 11.1 Å². The predicted octanol–water partition coefficient (Wildman–Crippen LogP) is -2.10. The largest absolute Gasteiger partial charge is 1.00 e. The summed E-state index contributed by atoms with van der Waals surface area (Å²) >= 11 is 0. The Bertz CT molecular complexity index is 701. The number of hydrogen-bond acceptors (Lipinski definition) is 6. The Balaban J connectivity index is 0.00000210. The van der Waals surface area contributed by atoms with Gasteiger partial charge in [-0.3, -0.25) is 0 Å². The van der Waals surface area contributed by atoms with Gasteiger partial charge in [0.15, 0.2) is 6.29 Å². The summed E-state index contributed by atoms with van der Waals surface area (Å²) in [6.45, 7) is 8.55. The zero-order chi connectivity index (χ0) is 18.7. The number of ether oxygens (including phenoxy) is 4. The number of rotatable bonds is 6. The molecule has 0 aromatic heterocycles. The van der Waals surface area contributed by atoms with Crippen molar-refractivity contribution in [2.24, 2.45) is 0 Å². The average Bonchev–Trinajstić information content (AvgIpc) is 3.28. The van der Waals surface area contributed by atoms with Crippen LogP contribution >= 0.6 is 0 Å². The fourth-order valence-corrected chi connectivity index (χ4v) is 3.66. The molecule has 6 nitrogen and oxygen atoms in total. The molecule has 0 saturated carbocycles. The summed E-state index contributed by atoms with van der Waals surface area (Å²) in [5.41, 5.74) is 0.529. The van der Waals surface area contributed by atoms with E-state index in [1.54, 1.807) is 13.8 Å². The Morgan fingerprint density at radius 1 is 1.11 bits per heavy atom. The van der Waals surface area contributed by atoms with E-state index in [0.29, 0.717) is 13.2 Å². The quantitative estimate of drug-likeness (QED) is 0.423. The summed E-state index contributed by atoms with van der Waals surface area (Å²) < 4.78 is 23.2. The van der Waals surface area contributed by atoms with Crippen LogP contribution in [-0.2, 0) is 34.6 Å². The van der Waals surface area contributed by atoms with E-state index >= 15 is 0 Å². The predicted molar refractivity (Wildman–Crippen MR) is 90.5 cm³/mol. The van der Waals surface area contributed by atoms with Crippen LogP contribution in [0.3, 0.4) is 0 Å². The minimum absolute atomic E-state index is 0. The molecule has 27 heavy (non-hydrogen) atoms. The second-order valence-corrected chi connectivity index (χ2v) is 8.59. The van der Waals surface area contributed by atoms with Gasteiger partial charge in [-0.05, 0) is 11.1 Å². The number of carboxylic acids is 1. The van der Waals surface area contributed by atoms with Crippen molar-refractivity contribution in [3.63, 3.8) is 0 Å². The second kappa shape index (κ2) is 7.18. The van der Waals surface area contributed by atoms with Gasteiger partial charge in [0.25, 0.3) is 0 Å². The van der Waals surface area contributed by atoms with E-state index in [1.165, 1.54) is 0 Å². The molecule has 1 aromatic carbocycles. The van der Waals surface area contributed by atoms with Gasteiger partial charge in [-0.1, -0.05) is 52.0 Å². The molecule has 142 valence electrons. The van der Waals surface area contributed by atoms with Crippen molar-refractivity contribution >= 4 is 5.97 Å². The fraction of sp³-hybridized carbons (Fsp3) is 0.650. The Morgan fingerprint density at radius 2 is 1.74 bits per heavy atom. The van der Waals surface area contributed by atoms with Crippen molar-refractivity contribution in [2.45, 2.75) is 69.2 Å². The molecule has 3 aliphatic heterocycles. The van der Waals surface area contributed by atoms with E-state index in [1.807, 2.05) is 24.3 Å². The zero-order valence-electron chi connectivity index (χ0n) is 16.6. The van der Waals surface area contributed by atoms with Crippen molar-refractivity contribution in [2.75, 3.05) is 13.2 Å². The molecule has 3 saturated heterocycles. The molecule has 2 bridgehead atoms. The fourth-order valence-electron chi connectivity index (χ4n) is 3.66. The molecule has 0 N–H and O–H groups in total. The monoisotopic (exact) mass is 368 g/mol. The molecule has 3 aliphatic rings. The third-order valence-corrected chi connectivity index (χ3v) is 5.79. The van der Waals surface area contributed by atoms with Gasteiger partial charge in [0, 0.05) is 10.8 Å². The van der Waals surface area contributed by atoms with Crippen LogP contribution in [-0.4, -0.2) is 49.9 Å². The number of carboxylic acid groups (broad SMARTS) is 1. The van der Waals surface area contributed by atoms with Gasteiger partial charge < -0.3 is 28.8 Å². The summed E-state index contributed by atoms with van der Waals surface area (Å²) in [5.74, 6) is -1.08. The van der Waals surface area contributed by atoms with Crippen LogP contribution in [0.5, 0.6) is 0 Å². The molecule has 0 amide bonds. The summed E-state index contributed by atoms with van der Waals surface area (Å²) in [4.78, 5) is 11.3. The number of benzene rings is 1. The van der Waals surface area contributed by atoms with Crippen molar-refractivity contribution in [1.82, 2.24) is 0 Å². The number of carbonyl (C=O) groups is 1. The first-order valence-corrected chi connectivity index (χ1v) is 9.07. The number of fused-ring (bicyclic) bond motifs is 4. The number of epoxide rings is 1. The molecule has 1 aromatic rings. The molecule has 3 fully saturated rings. The first kappa shape index (κ1) is 20.9. The van der Waals surface area contributed by atoms with Crippen molar-refractivity contribution in [3.8, 4) is 0 Å². The molecule has 0 aliphatic carbocycles. The maximum atomic E-state index is 11.3. The Hall–Kier alpha value is -0.873. The standard InChI is InChI=1S/C20H26O6.Li/c1-19(2,11-5-7-12(8-6-11)20(3,4)18(21)22)10-24-16-15-14(26-15)13-9-23-17(16)25-13;/h5-8,13-17H,9-10H2,1-4H3,(H,21,22);/q;+1/p-1/t13-,14+,15+,16-,17-;/m1./s1. The third-order valence-electron chi connectivity index (χ3n) is 5.79. The smallest absolute Gasteiger partial charge is 0.549 e. The molecule has 3 heterocycles. The molecule has 7 heteroatoms. The van der Waals surface area contributed by atoms with E-state index in [9.17, 15) is 9.90 Å². The number of carbonyl (C=O) groups excluding carboxylic acids is 1. The normalized spacial score (nSPS) is 31.8. The minimum Gasteiger partial charge on any atom is -0.549 e. The van der Waals surface area contributed by atoms with Crippen LogP contribution in [0.1, 0.15) is 38.8 Å². The Labute approximate surface area is 171 Å². The van der Waals surface area contributed by atoms with Crippen LogP contribution < -0.4 is 24.0 Å². The van der Waals surface area contributed by atoms with E-state index < -0.39 is 11.4 Å². The SMILES string of the molecule is CC(C)(CO[C@H]1[C@@H]2OC[C@@H](O2)[C@@H]2O[C@@H]21)c1ccc(C(C)(C)C(=O)[O-])cc1.[Li+]. The van der Waals surface area contributed by atoms with E-state index in [-0.39, 0.29) is 55.0 Å². The van der Waals surface area contributed by atoms with Crippen LogP contribution in [0.4, 0.5) is 0 Å². The second-order valence-electron chi connectivity index (χ2n) is 8.59. The first-order chi connectivity index (χ1) is 12.2. The van der Waals surface area contributed by atoms with Crippen LogP contribution in [0.2, 0.25) is 0 Å². The Kier molecular flexibility index (Phi) is 5.55. The van der Waals surface area contributed by atoms with Crippen LogP contribution in [0, 0.1) is 0 Å².